The molecule has 0 spiro atoms. The molecule has 4 N–H and O–H groups in total. The first-order valence-electron chi connectivity index (χ1n) is 5.76. The summed E-state index contributed by atoms with van der Waals surface area (Å²) in [4.78, 5) is 2.18. The first-order chi connectivity index (χ1) is 8.00. The Morgan fingerprint density at radius 2 is 2.18 bits per heavy atom. The van der Waals surface area contributed by atoms with Crippen LogP contribution in [0.4, 0.5) is 5.82 Å². The SMILES string of the molecule is CC(C)N1CCC(O)C(O)C1.Nc1ccon1. The molecular weight excluding hydrogens is 222 g/mol. The van der Waals surface area contributed by atoms with Crippen molar-refractivity contribution in [1.29, 1.82) is 0 Å². The number of anilines is 1. The highest BCUT2D eigenvalue weighted by Gasteiger charge is 2.26. The summed E-state index contributed by atoms with van der Waals surface area (Å²) in [6.07, 6.45) is 1.06. The number of β-amino-alcohol motifs (C(OH)–C–C–N with tert-alkyl or cyclic N) is 1. The summed E-state index contributed by atoms with van der Waals surface area (Å²) in [5, 5.41) is 21.8. The van der Waals surface area contributed by atoms with Gasteiger partial charge in [0.2, 0.25) is 0 Å². The fourth-order valence-corrected chi connectivity index (χ4v) is 1.63. The molecule has 1 aromatic heterocycles. The monoisotopic (exact) mass is 243 g/mol. The number of likely N-dealkylation sites (tertiary alicyclic amines) is 1. The Labute approximate surface area is 101 Å². The summed E-state index contributed by atoms with van der Waals surface area (Å²) in [6, 6.07) is 2.05. The zero-order valence-electron chi connectivity index (χ0n) is 10.3. The summed E-state index contributed by atoms with van der Waals surface area (Å²) in [5.74, 6) is 0.426. The molecular formula is C11H21N3O3. The van der Waals surface area contributed by atoms with Crippen molar-refractivity contribution in [1.82, 2.24) is 10.1 Å². The Kier molecular flexibility index (Phi) is 5.40. The smallest absolute Gasteiger partial charge is 0.166 e. The van der Waals surface area contributed by atoms with Gasteiger partial charge in [-0.1, -0.05) is 5.16 Å². The second-order valence-electron chi connectivity index (χ2n) is 4.44. The molecule has 1 aromatic rings. The number of nitrogen functional groups attached to an aromatic ring is 1. The summed E-state index contributed by atoms with van der Waals surface area (Å²) < 4.78 is 4.34. The van der Waals surface area contributed by atoms with Gasteiger partial charge in [-0.25, -0.2) is 0 Å². The van der Waals surface area contributed by atoms with E-state index in [1.165, 1.54) is 6.26 Å². The Bertz CT molecular complexity index is 303. The Morgan fingerprint density at radius 3 is 2.53 bits per heavy atom. The quantitative estimate of drug-likeness (QED) is 0.646. The zero-order valence-corrected chi connectivity index (χ0v) is 10.3. The van der Waals surface area contributed by atoms with Gasteiger partial charge < -0.3 is 20.5 Å². The van der Waals surface area contributed by atoms with Crippen LogP contribution in [0.1, 0.15) is 20.3 Å². The highest BCUT2D eigenvalue weighted by Crippen LogP contribution is 2.12. The predicted molar refractivity (Wildman–Crippen MR) is 64.3 cm³/mol. The van der Waals surface area contributed by atoms with Crippen LogP contribution >= 0.6 is 0 Å². The minimum absolute atomic E-state index is 0.426. The van der Waals surface area contributed by atoms with Gasteiger partial charge >= 0.3 is 0 Å². The Balaban J connectivity index is 0.000000202. The second kappa shape index (κ2) is 6.58. The van der Waals surface area contributed by atoms with Gasteiger partial charge in [-0.3, -0.25) is 4.90 Å². The van der Waals surface area contributed by atoms with Crippen molar-refractivity contribution in [3.63, 3.8) is 0 Å². The van der Waals surface area contributed by atoms with E-state index in [2.05, 4.69) is 28.4 Å². The Hall–Kier alpha value is -1.11. The van der Waals surface area contributed by atoms with Crippen molar-refractivity contribution >= 4 is 5.82 Å². The molecule has 1 aliphatic rings. The van der Waals surface area contributed by atoms with Gasteiger partial charge in [-0.15, -0.1) is 0 Å². The number of nitrogens with zero attached hydrogens (tertiary/aromatic N) is 2. The number of rotatable bonds is 1. The van der Waals surface area contributed by atoms with Gasteiger partial charge in [0, 0.05) is 25.2 Å². The number of nitrogens with two attached hydrogens (primary N) is 1. The maximum atomic E-state index is 9.31. The predicted octanol–water partition coefficient (Wildman–Crippen LogP) is 0.0791. The van der Waals surface area contributed by atoms with Crippen LogP contribution in [0.25, 0.3) is 0 Å². The van der Waals surface area contributed by atoms with E-state index in [0.717, 1.165) is 6.54 Å². The first-order valence-corrected chi connectivity index (χ1v) is 5.76. The van der Waals surface area contributed by atoms with Gasteiger partial charge in [-0.2, -0.15) is 0 Å². The molecule has 6 nitrogen and oxygen atoms in total. The molecule has 0 radical (unpaired) electrons. The molecule has 0 amide bonds. The van der Waals surface area contributed by atoms with Gasteiger partial charge in [0.05, 0.1) is 12.2 Å². The van der Waals surface area contributed by atoms with Crippen molar-refractivity contribution in [3.8, 4) is 0 Å². The van der Waals surface area contributed by atoms with E-state index in [9.17, 15) is 10.2 Å². The van der Waals surface area contributed by atoms with Gasteiger partial charge in [0.15, 0.2) is 5.82 Å². The molecule has 0 aromatic carbocycles. The number of aliphatic hydroxyl groups excluding tert-OH is 2. The molecule has 1 saturated heterocycles. The maximum absolute atomic E-state index is 9.31. The first kappa shape index (κ1) is 14.0. The van der Waals surface area contributed by atoms with Crippen LogP contribution in [0.5, 0.6) is 0 Å². The normalized spacial score (nSPS) is 25.5. The second-order valence-corrected chi connectivity index (χ2v) is 4.44. The molecule has 2 atom stereocenters. The highest BCUT2D eigenvalue weighted by atomic mass is 16.5. The van der Waals surface area contributed by atoms with E-state index >= 15 is 0 Å². The average molecular weight is 243 g/mol. The fourth-order valence-electron chi connectivity index (χ4n) is 1.63. The van der Waals surface area contributed by atoms with Crippen LogP contribution in [0.3, 0.4) is 0 Å². The van der Waals surface area contributed by atoms with Crippen molar-refractivity contribution in [2.75, 3.05) is 18.8 Å². The van der Waals surface area contributed by atoms with Crippen LogP contribution < -0.4 is 5.73 Å². The van der Waals surface area contributed by atoms with Gasteiger partial charge in [0.1, 0.15) is 6.26 Å². The molecule has 6 heteroatoms. The van der Waals surface area contributed by atoms with E-state index in [1.807, 2.05) is 0 Å². The number of hydrogen-bond donors (Lipinski definition) is 3. The summed E-state index contributed by atoms with van der Waals surface area (Å²) in [7, 11) is 0. The third-order valence-electron chi connectivity index (χ3n) is 2.77. The van der Waals surface area contributed by atoms with Crippen LogP contribution in [0.15, 0.2) is 16.9 Å². The van der Waals surface area contributed by atoms with Crippen molar-refractivity contribution < 1.29 is 14.7 Å². The van der Waals surface area contributed by atoms with Crippen molar-refractivity contribution in [3.05, 3.63) is 12.3 Å². The molecule has 17 heavy (non-hydrogen) atoms. The van der Waals surface area contributed by atoms with E-state index in [-0.39, 0.29) is 0 Å². The summed E-state index contributed by atoms with van der Waals surface area (Å²) in [5.41, 5.74) is 5.07. The average Bonchev–Trinajstić information content (AvgIpc) is 2.74. The lowest BCUT2D eigenvalue weighted by Gasteiger charge is -2.35. The highest BCUT2D eigenvalue weighted by molar-refractivity contribution is 5.21. The minimum Gasteiger partial charge on any atom is -0.390 e. The third-order valence-corrected chi connectivity index (χ3v) is 2.77. The summed E-state index contributed by atoms with van der Waals surface area (Å²) >= 11 is 0. The molecule has 0 aliphatic carbocycles. The molecule has 2 unspecified atom stereocenters. The maximum Gasteiger partial charge on any atom is 0.166 e. The van der Waals surface area contributed by atoms with Gasteiger partial charge in [-0.05, 0) is 20.3 Å². The third kappa shape index (κ3) is 4.72. The van der Waals surface area contributed by atoms with E-state index in [0.29, 0.717) is 24.8 Å². The van der Waals surface area contributed by atoms with Crippen LogP contribution in [0, 0.1) is 0 Å². The molecule has 98 valence electrons. The lowest BCUT2D eigenvalue weighted by molar-refractivity contribution is -0.0456. The minimum atomic E-state index is -0.550. The number of piperidine rings is 1. The standard InChI is InChI=1S/C8H17NO2.C3H4N2O/c1-6(2)9-4-3-7(10)8(11)5-9;4-3-1-2-6-5-3/h6-8,10-11H,3-5H2,1-2H3;1-2H,(H2,4,5). The van der Waals surface area contributed by atoms with Crippen LogP contribution in [-0.2, 0) is 0 Å². The largest absolute Gasteiger partial charge is 0.390 e. The molecule has 2 heterocycles. The zero-order chi connectivity index (χ0) is 12.8. The molecule has 0 bridgehead atoms. The molecule has 0 saturated carbocycles. The number of aromatic nitrogens is 1. The van der Waals surface area contributed by atoms with E-state index < -0.39 is 12.2 Å². The fraction of sp³-hybridized carbons (Fsp3) is 0.727. The number of aliphatic hydroxyl groups is 2. The van der Waals surface area contributed by atoms with Crippen LogP contribution in [-0.4, -0.2) is 51.6 Å². The molecule has 2 rings (SSSR count). The Morgan fingerprint density at radius 1 is 1.47 bits per heavy atom. The summed E-state index contributed by atoms with van der Waals surface area (Å²) in [6.45, 7) is 5.71. The van der Waals surface area contributed by atoms with Crippen molar-refractivity contribution in [2.45, 2.75) is 38.5 Å². The lowest BCUT2D eigenvalue weighted by atomic mass is 10.0. The lowest BCUT2D eigenvalue weighted by Crippen LogP contribution is -2.49. The molecule has 1 aliphatic heterocycles. The molecule has 1 fully saturated rings. The van der Waals surface area contributed by atoms with Crippen molar-refractivity contribution in [2.24, 2.45) is 0 Å². The van der Waals surface area contributed by atoms with Crippen LogP contribution in [0.2, 0.25) is 0 Å². The topological polar surface area (TPSA) is 95.8 Å². The van der Waals surface area contributed by atoms with Gasteiger partial charge in [0.25, 0.3) is 0 Å². The van der Waals surface area contributed by atoms with E-state index in [1.54, 1.807) is 6.07 Å². The number of hydrogen-bond acceptors (Lipinski definition) is 6. The van der Waals surface area contributed by atoms with E-state index in [4.69, 9.17) is 5.73 Å².